The molecule has 0 aliphatic rings. The van der Waals surface area contributed by atoms with E-state index in [-0.39, 0.29) is 0 Å². The molecule has 0 amide bonds. The van der Waals surface area contributed by atoms with Crippen molar-refractivity contribution < 1.29 is 0 Å². The summed E-state index contributed by atoms with van der Waals surface area (Å²) < 4.78 is 2.41. The van der Waals surface area contributed by atoms with Gasteiger partial charge in [-0.15, -0.1) is 11.3 Å². The number of thiazole rings is 1. The van der Waals surface area contributed by atoms with Gasteiger partial charge in [-0.1, -0.05) is 23.9 Å². The molecule has 3 aromatic rings. The van der Waals surface area contributed by atoms with Gasteiger partial charge in [0.15, 0.2) is 4.34 Å². The van der Waals surface area contributed by atoms with Gasteiger partial charge in [0.1, 0.15) is 0 Å². The normalized spacial score (nSPS) is 11.4. The monoisotopic (exact) mass is 327 g/mol. The Bertz CT molecular complexity index is 846. The Morgan fingerprint density at radius 3 is 2.05 bits per heavy atom. The van der Waals surface area contributed by atoms with Gasteiger partial charge in [-0.05, 0) is 80.3 Å². The lowest BCUT2D eigenvalue weighted by atomic mass is 9.86. The van der Waals surface area contributed by atoms with Crippen LogP contribution in [0.5, 0.6) is 0 Å². The molecule has 0 radical (unpaired) electrons. The van der Waals surface area contributed by atoms with Gasteiger partial charge in [-0.3, -0.25) is 0 Å². The van der Waals surface area contributed by atoms with E-state index >= 15 is 0 Å². The number of hydrogen-bond acceptors (Lipinski definition) is 3. The number of nitrogens with zero attached hydrogens (tertiary/aromatic N) is 1. The molecule has 22 heavy (non-hydrogen) atoms. The summed E-state index contributed by atoms with van der Waals surface area (Å²) in [4.78, 5) is 4.85. The van der Waals surface area contributed by atoms with Gasteiger partial charge >= 0.3 is 0 Å². The Kier molecular flexibility index (Phi) is 4.04. The van der Waals surface area contributed by atoms with Gasteiger partial charge < -0.3 is 0 Å². The third-order valence-electron chi connectivity index (χ3n) is 4.84. The molecule has 0 fully saturated rings. The first-order chi connectivity index (χ1) is 10.5. The fourth-order valence-corrected chi connectivity index (χ4v) is 4.63. The van der Waals surface area contributed by atoms with Crippen molar-refractivity contribution in [2.75, 3.05) is 6.26 Å². The topological polar surface area (TPSA) is 12.9 Å². The van der Waals surface area contributed by atoms with Crippen molar-refractivity contribution in [3.8, 4) is 11.1 Å². The highest BCUT2D eigenvalue weighted by molar-refractivity contribution is 8.00. The van der Waals surface area contributed by atoms with Gasteiger partial charge in [0.05, 0.1) is 10.2 Å². The predicted octanol–water partition coefficient (Wildman–Crippen LogP) is 6.23. The van der Waals surface area contributed by atoms with Gasteiger partial charge in [0.25, 0.3) is 0 Å². The standard InChI is InChI=1S/C19H21NS2/c1-10-11(2)13(4)17(14(5)12(10)3)15-8-7-9-16-18(15)20-19(21-6)22-16/h7-9H,1-6H3. The minimum atomic E-state index is 1.14. The molecule has 3 heteroatoms. The molecule has 0 bridgehead atoms. The molecule has 1 aromatic heterocycles. The highest BCUT2D eigenvalue weighted by atomic mass is 32.2. The minimum Gasteiger partial charge on any atom is -0.229 e. The Morgan fingerprint density at radius 2 is 1.45 bits per heavy atom. The SMILES string of the molecule is CSc1nc2c(-c3c(C)c(C)c(C)c(C)c3C)cccc2s1. The molecule has 0 aliphatic carbocycles. The first kappa shape index (κ1) is 15.6. The molecule has 3 rings (SSSR count). The lowest BCUT2D eigenvalue weighted by Crippen LogP contribution is -1.99. The second-order valence-electron chi connectivity index (χ2n) is 5.84. The molecule has 0 saturated heterocycles. The zero-order valence-corrected chi connectivity index (χ0v) is 15.6. The van der Waals surface area contributed by atoms with Crippen molar-refractivity contribution in [1.82, 2.24) is 4.98 Å². The van der Waals surface area contributed by atoms with Gasteiger partial charge in [-0.2, -0.15) is 0 Å². The molecule has 0 aliphatic heterocycles. The maximum Gasteiger partial charge on any atom is 0.150 e. The fourth-order valence-electron chi connectivity index (χ4n) is 3.12. The smallest absolute Gasteiger partial charge is 0.150 e. The number of fused-ring (bicyclic) bond motifs is 1. The summed E-state index contributed by atoms with van der Waals surface area (Å²) in [5.74, 6) is 0. The Labute approximate surface area is 140 Å². The van der Waals surface area contributed by atoms with Crippen LogP contribution in [0.2, 0.25) is 0 Å². The largest absolute Gasteiger partial charge is 0.229 e. The molecule has 0 saturated carbocycles. The van der Waals surface area contributed by atoms with E-state index in [1.165, 1.54) is 43.6 Å². The summed E-state index contributed by atoms with van der Waals surface area (Å²) in [6, 6.07) is 6.55. The highest BCUT2D eigenvalue weighted by Gasteiger charge is 2.17. The number of thioether (sulfide) groups is 1. The van der Waals surface area contributed by atoms with E-state index in [9.17, 15) is 0 Å². The van der Waals surface area contributed by atoms with Gasteiger partial charge in [0, 0.05) is 5.56 Å². The van der Waals surface area contributed by atoms with Crippen LogP contribution in [-0.2, 0) is 0 Å². The Balaban J connectivity index is 2.40. The summed E-state index contributed by atoms with van der Waals surface area (Å²) >= 11 is 3.50. The van der Waals surface area contributed by atoms with E-state index in [1.54, 1.807) is 23.1 Å². The molecule has 0 unspecified atom stereocenters. The first-order valence-corrected chi connectivity index (χ1v) is 9.50. The molecule has 1 nitrogen and oxygen atoms in total. The average Bonchev–Trinajstić information content (AvgIpc) is 2.95. The quantitative estimate of drug-likeness (QED) is 0.518. The van der Waals surface area contributed by atoms with Crippen LogP contribution < -0.4 is 0 Å². The van der Waals surface area contributed by atoms with Crippen molar-refractivity contribution in [3.63, 3.8) is 0 Å². The molecule has 0 atom stereocenters. The van der Waals surface area contributed by atoms with E-state index in [4.69, 9.17) is 4.98 Å². The third kappa shape index (κ3) is 2.27. The fraction of sp³-hybridized carbons (Fsp3) is 0.316. The molecular weight excluding hydrogens is 306 g/mol. The number of benzene rings is 2. The van der Waals surface area contributed by atoms with Crippen LogP contribution in [0.3, 0.4) is 0 Å². The van der Waals surface area contributed by atoms with Crippen molar-refractivity contribution >= 4 is 33.3 Å². The zero-order chi connectivity index (χ0) is 16.0. The van der Waals surface area contributed by atoms with E-state index in [1.807, 2.05) is 0 Å². The molecule has 1 heterocycles. The second-order valence-corrected chi connectivity index (χ2v) is 7.92. The number of hydrogen-bond donors (Lipinski definition) is 0. The van der Waals surface area contributed by atoms with E-state index in [2.05, 4.69) is 59.1 Å². The Hall–Kier alpha value is -1.32. The molecular formula is C19H21NS2. The third-order valence-corrected chi connectivity index (χ3v) is 6.85. The summed E-state index contributed by atoms with van der Waals surface area (Å²) in [6.45, 7) is 11.2. The van der Waals surface area contributed by atoms with Crippen LogP contribution in [0.1, 0.15) is 27.8 Å². The molecule has 2 aromatic carbocycles. The Morgan fingerprint density at radius 1 is 0.864 bits per heavy atom. The van der Waals surface area contributed by atoms with Crippen LogP contribution in [0, 0.1) is 34.6 Å². The summed E-state index contributed by atoms with van der Waals surface area (Å²) in [5.41, 5.74) is 10.8. The van der Waals surface area contributed by atoms with E-state index in [0.717, 1.165) is 9.86 Å². The first-order valence-electron chi connectivity index (χ1n) is 7.46. The molecule has 0 spiro atoms. The minimum absolute atomic E-state index is 1.14. The predicted molar refractivity (Wildman–Crippen MR) is 101 cm³/mol. The zero-order valence-electron chi connectivity index (χ0n) is 14.0. The van der Waals surface area contributed by atoms with Crippen LogP contribution in [0.15, 0.2) is 22.5 Å². The lowest BCUT2D eigenvalue weighted by molar-refractivity contribution is 1.18. The van der Waals surface area contributed by atoms with Crippen molar-refractivity contribution in [2.24, 2.45) is 0 Å². The van der Waals surface area contributed by atoms with E-state index in [0.29, 0.717) is 0 Å². The van der Waals surface area contributed by atoms with Crippen LogP contribution in [0.4, 0.5) is 0 Å². The number of aromatic nitrogens is 1. The van der Waals surface area contributed by atoms with Crippen molar-refractivity contribution in [3.05, 3.63) is 46.0 Å². The highest BCUT2D eigenvalue weighted by Crippen LogP contribution is 2.39. The van der Waals surface area contributed by atoms with Crippen LogP contribution in [-0.4, -0.2) is 11.2 Å². The van der Waals surface area contributed by atoms with Gasteiger partial charge in [-0.25, -0.2) is 4.98 Å². The van der Waals surface area contributed by atoms with Crippen LogP contribution >= 0.6 is 23.1 Å². The van der Waals surface area contributed by atoms with Gasteiger partial charge in [0.2, 0.25) is 0 Å². The number of rotatable bonds is 2. The number of para-hydroxylation sites is 1. The molecule has 0 N–H and O–H groups in total. The maximum absolute atomic E-state index is 4.85. The van der Waals surface area contributed by atoms with Crippen molar-refractivity contribution in [2.45, 2.75) is 39.0 Å². The second kappa shape index (κ2) is 5.71. The van der Waals surface area contributed by atoms with Crippen LogP contribution in [0.25, 0.3) is 21.3 Å². The van der Waals surface area contributed by atoms with E-state index < -0.39 is 0 Å². The summed E-state index contributed by atoms with van der Waals surface area (Å²) in [7, 11) is 0. The van der Waals surface area contributed by atoms with Crippen molar-refractivity contribution in [1.29, 1.82) is 0 Å². The molecule has 114 valence electrons. The summed E-state index contributed by atoms with van der Waals surface area (Å²) in [6.07, 6.45) is 2.09. The maximum atomic E-state index is 4.85. The lowest BCUT2D eigenvalue weighted by Gasteiger charge is -2.19. The summed E-state index contributed by atoms with van der Waals surface area (Å²) in [5, 5.41) is 0. The average molecular weight is 328 g/mol.